The van der Waals surface area contributed by atoms with Gasteiger partial charge in [-0.15, -0.1) is 0 Å². The van der Waals surface area contributed by atoms with Crippen molar-refractivity contribution in [2.24, 2.45) is 7.05 Å². The number of nitrogen functional groups attached to an aromatic ring is 1. The molecule has 0 amide bonds. The third-order valence-corrected chi connectivity index (χ3v) is 2.19. The van der Waals surface area contributed by atoms with E-state index in [1.165, 1.54) is 6.42 Å². The molecule has 0 saturated carbocycles. The standard InChI is InChI=1S/C7H13N5/c1-12-7(8)10-6(11-12)5-3-2-4-9-5/h5,9H,2-4H2,1H3,(H2,8,10,11). The highest BCUT2D eigenvalue weighted by Crippen LogP contribution is 2.19. The van der Waals surface area contributed by atoms with Gasteiger partial charge in [-0.05, 0) is 19.4 Å². The van der Waals surface area contributed by atoms with Gasteiger partial charge in [0.15, 0.2) is 5.82 Å². The molecule has 2 rings (SSSR count). The van der Waals surface area contributed by atoms with Crippen LogP contribution < -0.4 is 11.1 Å². The van der Waals surface area contributed by atoms with E-state index in [0.29, 0.717) is 12.0 Å². The van der Waals surface area contributed by atoms with E-state index >= 15 is 0 Å². The van der Waals surface area contributed by atoms with Crippen LogP contribution in [0.3, 0.4) is 0 Å². The van der Waals surface area contributed by atoms with E-state index in [0.717, 1.165) is 18.8 Å². The second-order valence-corrected chi connectivity index (χ2v) is 3.10. The number of hydrogen-bond acceptors (Lipinski definition) is 4. The summed E-state index contributed by atoms with van der Waals surface area (Å²) >= 11 is 0. The molecule has 66 valence electrons. The molecule has 0 spiro atoms. The van der Waals surface area contributed by atoms with E-state index in [9.17, 15) is 0 Å². The average Bonchev–Trinajstić information content (AvgIpc) is 2.61. The highest BCUT2D eigenvalue weighted by atomic mass is 15.4. The van der Waals surface area contributed by atoms with Crippen molar-refractivity contribution >= 4 is 5.95 Å². The van der Waals surface area contributed by atoms with Gasteiger partial charge in [0.2, 0.25) is 5.95 Å². The molecule has 1 fully saturated rings. The number of nitrogens with one attached hydrogen (secondary N) is 1. The lowest BCUT2D eigenvalue weighted by Gasteiger charge is -2.02. The highest BCUT2D eigenvalue weighted by molar-refractivity contribution is 5.17. The van der Waals surface area contributed by atoms with Crippen LogP contribution in [-0.4, -0.2) is 21.3 Å². The van der Waals surface area contributed by atoms with Crippen LogP contribution >= 0.6 is 0 Å². The fourth-order valence-corrected chi connectivity index (χ4v) is 1.47. The van der Waals surface area contributed by atoms with Crippen LogP contribution in [0.1, 0.15) is 24.7 Å². The van der Waals surface area contributed by atoms with Crippen molar-refractivity contribution in [3.63, 3.8) is 0 Å². The van der Waals surface area contributed by atoms with E-state index in [2.05, 4.69) is 15.4 Å². The van der Waals surface area contributed by atoms with E-state index in [1.54, 1.807) is 11.7 Å². The molecule has 2 heterocycles. The van der Waals surface area contributed by atoms with Gasteiger partial charge in [0, 0.05) is 7.05 Å². The van der Waals surface area contributed by atoms with Crippen molar-refractivity contribution in [3.05, 3.63) is 5.82 Å². The van der Waals surface area contributed by atoms with Crippen molar-refractivity contribution in [1.29, 1.82) is 0 Å². The molecule has 1 unspecified atom stereocenters. The number of hydrogen-bond donors (Lipinski definition) is 2. The fraction of sp³-hybridized carbons (Fsp3) is 0.714. The van der Waals surface area contributed by atoms with Crippen LogP contribution in [0.25, 0.3) is 0 Å². The van der Waals surface area contributed by atoms with Crippen LogP contribution in [0.2, 0.25) is 0 Å². The lowest BCUT2D eigenvalue weighted by atomic mass is 10.2. The van der Waals surface area contributed by atoms with Gasteiger partial charge < -0.3 is 11.1 Å². The van der Waals surface area contributed by atoms with Gasteiger partial charge in [-0.3, -0.25) is 0 Å². The summed E-state index contributed by atoms with van der Waals surface area (Å²) in [5, 5.41) is 7.53. The predicted molar refractivity (Wildman–Crippen MR) is 45.4 cm³/mol. The molecule has 1 aliphatic heterocycles. The van der Waals surface area contributed by atoms with Crippen LogP contribution in [0, 0.1) is 0 Å². The molecule has 0 aliphatic carbocycles. The largest absolute Gasteiger partial charge is 0.368 e. The number of aromatic nitrogens is 3. The minimum atomic E-state index is 0.313. The SMILES string of the molecule is Cn1nc(C2CCCN2)nc1N. The Bertz CT molecular complexity index is 254. The number of nitrogens with two attached hydrogens (primary N) is 1. The highest BCUT2D eigenvalue weighted by Gasteiger charge is 2.20. The zero-order valence-electron chi connectivity index (χ0n) is 7.12. The molecule has 1 aliphatic rings. The quantitative estimate of drug-likeness (QED) is 0.609. The maximum absolute atomic E-state index is 5.57. The number of aryl methyl sites for hydroxylation is 1. The topological polar surface area (TPSA) is 68.8 Å². The van der Waals surface area contributed by atoms with Gasteiger partial charge >= 0.3 is 0 Å². The molecular formula is C7H13N5. The molecule has 12 heavy (non-hydrogen) atoms. The Hall–Kier alpha value is -1.10. The normalized spacial score (nSPS) is 23.2. The van der Waals surface area contributed by atoms with E-state index < -0.39 is 0 Å². The second-order valence-electron chi connectivity index (χ2n) is 3.10. The van der Waals surface area contributed by atoms with Crippen LogP contribution in [-0.2, 0) is 7.05 Å². The van der Waals surface area contributed by atoms with Gasteiger partial charge in [0.25, 0.3) is 0 Å². The van der Waals surface area contributed by atoms with Crippen LogP contribution in [0.5, 0.6) is 0 Å². The molecule has 0 aromatic carbocycles. The molecule has 0 radical (unpaired) electrons. The van der Waals surface area contributed by atoms with Crippen molar-refractivity contribution < 1.29 is 0 Å². The first-order valence-corrected chi connectivity index (χ1v) is 4.17. The Balaban J connectivity index is 2.21. The lowest BCUT2D eigenvalue weighted by molar-refractivity contribution is 0.595. The summed E-state index contributed by atoms with van der Waals surface area (Å²) in [6.07, 6.45) is 2.31. The number of rotatable bonds is 1. The predicted octanol–water partition coefficient (Wildman–Crippen LogP) is -0.178. The van der Waals surface area contributed by atoms with Crippen LogP contribution in [0.4, 0.5) is 5.95 Å². The molecule has 0 bridgehead atoms. The van der Waals surface area contributed by atoms with Crippen molar-refractivity contribution in [2.45, 2.75) is 18.9 Å². The molecule has 1 saturated heterocycles. The van der Waals surface area contributed by atoms with Crippen molar-refractivity contribution in [3.8, 4) is 0 Å². The maximum atomic E-state index is 5.57. The monoisotopic (exact) mass is 167 g/mol. The van der Waals surface area contributed by atoms with E-state index in [1.807, 2.05) is 0 Å². The maximum Gasteiger partial charge on any atom is 0.218 e. The van der Waals surface area contributed by atoms with Gasteiger partial charge in [0.05, 0.1) is 6.04 Å². The van der Waals surface area contributed by atoms with E-state index in [4.69, 9.17) is 5.73 Å². The fourth-order valence-electron chi connectivity index (χ4n) is 1.47. The minimum absolute atomic E-state index is 0.313. The Morgan fingerprint density at radius 1 is 1.67 bits per heavy atom. The summed E-state index contributed by atoms with van der Waals surface area (Å²) in [6, 6.07) is 0.313. The molecule has 5 nitrogen and oxygen atoms in total. The third-order valence-electron chi connectivity index (χ3n) is 2.19. The van der Waals surface area contributed by atoms with Gasteiger partial charge in [-0.2, -0.15) is 10.1 Å². The summed E-state index contributed by atoms with van der Waals surface area (Å²) in [4.78, 5) is 4.16. The van der Waals surface area contributed by atoms with Crippen molar-refractivity contribution in [1.82, 2.24) is 20.1 Å². The average molecular weight is 167 g/mol. The number of nitrogens with zero attached hydrogens (tertiary/aromatic N) is 3. The molecule has 1 aromatic rings. The van der Waals surface area contributed by atoms with Gasteiger partial charge in [0.1, 0.15) is 0 Å². The van der Waals surface area contributed by atoms with Crippen molar-refractivity contribution in [2.75, 3.05) is 12.3 Å². The first kappa shape index (κ1) is 7.54. The zero-order chi connectivity index (χ0) is 8.55. The summed E-state index contributed by atoms with van der Waals surface area (Å²) in [5.41, 5.74) is 5.57. The Kier molecular flexibility index (Phi) is 1.73. The lowest BCUT2D eigenvalue weighted by Crippen LogP contribution is -2.14. The smallest absolute Gasteiger partial charge is 0.218 e. The first-order valence-electron chi connectivity index (χ1n) is 4.17. The van der Waals surface area contributed by atoms with Gasteiger partial charge in [-0.1, -0.05) is 0 Å². The molecule has 1 atom stereocenters. The molecule has 1 aromatic heterocycles. The first-order chi connectivity index (χ1) is 5.77. The van der Waals surface area contributed by atoms with E-state index in [-0.39, 0.29) is 0 Å². The summed E-state index contributed by atoms with van der Waals surface area (Å²) < 4.78 is 1.61. The Labute approximate surface area is 71.0 Å². The second kappa shape index (κ2) is 2.75. The van der Waals surface area contributed by atoms with Gasteiger partial charge in [-0.25, -0.2) is 4.68 Å². The summed E-state index contributed by atoms with van der Waals surface area (Å²) in [7, 11) is 1.81. The van der Waals surface area contributed by atoms with Crippen LogP contribution in [0.15, 0.2) is 0 Å². The zero-order valence-corrected chi connectivity index (χ0v) is 7.12. The summed E-state index contributed by atoms with van der Waals surface area (Å²) in [5.74, 6) is 1.31. The molecular weight excluding hydrogens is 154 g/mol. The number of anilines is 1. The molecule has 3 N–H and O–H groups in total. The summed E-state index contributed by atoms with van der Waals surface area (Å²) in [6.45, 7) is 1.06. The Morgan fingerprint density at radius 3 is 3.00 bits per heavy atom. The molecule has 5 heteroatoms. The third kappa shape index (κ3) is 1.16. The minimum Gasteiger partial charge on any atom is -0.368 e. The Morgan fingerprint density at radius 2 is 2.50 bits per heavy atom.